The van der Waals surface area contributed by atoms with Gasteiger partial charge in [0.15, 0.2) is 0 Å². The standard InChI is InChI=1S/C24H21Cl2NO7/c1-4-32-22(30)24(34-13(3)28,23(31)33-5-2)19-17-10-9-16(26)12-18(17)27-20(19)21(29)14-7-6-8-15(25)11-14/h6-12,27H,4-5H2,1-3H3. The minimum Gasteiger partial charge on any atom is -0.462 e. The van der Waals surface area contributed by atoms with Crippen LogP contribution in [0.4, 0.5) is 0 Å². The number of carbonyl (C=O) groups is 4. The van der Waals surface area contributed by atoms with Crippen molar-refractivity contribution in [1.29, 1.82) is 0 Å². The number of nitrogens with one attached hydrogen (secondary N) is 1. The molecule has 0 fully saturated rings. The van der Waals surface area contributed by atoms with Crippen LogP contribution >= 0.6 is 23.2 Å². The summed E-state index contributed by atoms with van der Waals surface area (Å²) in [5.41, 5.74) is -2.65. The number of hydrogen-bond acceptors (Lipinski definition) is 7. The summed E-state index contributed by atoms with van der Waals surface area (Å²) in [7, 11) is 0. The average molecular weight is 506 g/mol. The number of benzene rings is 2. The predicted molar refractivity (Wildman–Crippen MR) is 125 cm³/mol. The molecule has 0 spiro atoms. The van der Waals surface area contributed by atoms with Crippen molar-refractivity contribution >= 4 is 57.8 Å². The fraction of sp³-hybridized carbons (Fsp3) is 0.250. The van der Waals surface area contributed by atoms with Gasteiger partial charge in [-0.15, -0.1) is 0 Å². The second-order valence-corrected chi connectivity index (χ2v) is 7.99. The summed E-state index contributed by atoms with van der Waals surface area (Å²) >= 11 is 12.2. The van der Waals surface area contributed by atoms with Gasteiger partial charge >= 0.3 is 23.5 Å². The molecule has 2 aromatic carbocycles. The lowest BCUT2D eigenvalue weighted by atomic mass is 9.88. The number of ether oxygens (including phenoxy) is 3. The molecule has 1 aromatic heterocycles. The maximum atomic E-state index is 13.6. The molecule has 34 heavy (non-hydrogen) atoms. The third kappa shape index (κ3) is 4.64. The Kier molecular flexibility index (Phi) is 7.64. The van der Waals surface area contributed by atoms with Gasteiger partial charge in [-0.05, 0) is 38.1 Å². The summed E-state index contributed by atoms with van der Waals surface area (Å²) in [5, 5.41) is 0.859. The largest absolute Gasteiger partial charge is 0.462 e. The van der Waals surface area contributed by atoms with Crippen LogP contribution in [0.3, 0.4) is 0 Å². The van der Waals surface area contributed by atoms with Crippen molar-refractivity contribution in [1.82, 2.24) is 4.98 Å². The van der Waals surface area contributed by atoms with Crippen LogP contribution < -0.4 is 0 Å². The van der Waals surface area contributed by atoms with Gasteiger partial charge in [0.05, 0.1) is 24.5 Å². The number of rotatable bonds is 8. The predicted octanol–water partition coefficient (Wildman–Crippen LogP) is 4.59. The highest BCUT2D eigenvalue weighted by molar-refractivity contribution is 6.32. The molecule has 3 aromatic rings. The molecule has 0 saturated carbocycles. The molecule has 0 aliphatic heterocycles. The van der Waals surface area contributed by atoms with Crippen LogP contribution in [-0.4, -0.2) is 41.9 Å². The van der Waals surface area contributed by atoms with Crippen LogP contribution in [0.2, 0.25) is 10.0 Å². The summed E-state index contributed by atoms with van der Waals surface area (Å²) in [5.74, 6) is -4.00. The van der Waals surface area contributed by atoms with Crippen LogP contribution in [0.15, 0.2) is 42.5 Å². The summed E-state index contributed by atoms with van der Waals surface area (Å²) in [4.78, 5) is 55.3. The highest BCUT2D eigenvalue weighted by atomic mass is 35.5. The quantitative estimate of drug-likeness (QED) is 0.206. The van der Waals surface area contributed by atoms with Crippen molar-refractivity contribution in [3.63, 3.8) is 0 Å². The van der Waals surface area contributed by atoms with Gasteiger partial charge in [0.1, 0.15) is 0 Å². The van der Waals surface area contributed by atoms with E-state index in [1.807, 2.05) is 0 Å². The normalized spacial score (nSPS) is 11.2. The molecule has 178 valence electrons. The molecule has 0 radical (unpaired) electrons. The fourth-order valence-corrected chi connectivity index (χ4v) is 3.95. The molecule has 10 heteroatoms. The first kappa shape index (κ1) is 25.3. The lowest BCUT2D eigenvalue weighted by Crippen LogP contribution is -2.50. The number of aromatic nitrogens is 1. The van der Waals surface area contributed by atoms with Gasteiger partial charge in [0, 0.05) is 33.4 Å². The Hall–Kier alpha value is -3.36. The van der Waals surface area contributed by atoms with Crippen molar-refractivity contribution in [2.75, 3.05) is 13.2 Å². The van der Waals surface area contributed by atoms with E-state index in [-0.39, 0.29) is 35.4 Å². The number of halogens is 2. The van der Waals surface area contributed by atoms with E-state index in [4.69, 9.17) is 37.4 Å². The van der Waals surface area contributed by atoms with Crippen molar-refractivity contribution in [3.8, 4) is 0 Å². The van der Waals surface area contributed by atoms with Crippen LogP contribution in [0.1, 0.15) is 42.4 Å². The fourth-order valence-electron chi connectivity index (χ4n) is 3.58. The van der Waals surface area contributed by atoms with Gasteiger partial charge in [-0.1, -0.05) is 41.4 Å². The molecule has 0 aliphatic carbocycles. The minimum atomic E-state index is -2.71. The monoisotopic (exact) mass is 505 g/mol. The van der Waals surface area contributed by atoms with Gasteiger partial charge in [0.25, 0.3) is 0 Å². The second-order valence-electron chi connectivity index (χ2n) is 7.12. The first-order valence-corrected chi connectivity index (χ1v) is 11.1. The van der Waals surface area contributed by atoms with Gasteiger partial charge in [-0.3, -0.25) is 9.59 Å². The molecule has 0 bridgehead atoms. The van der Waals surface area contributed by atoms with E-state index >= 15 is 0 Å². The molecule has 1 N–H and O–H groups in total. The molecule has 3 rings (SSSR count). The number of H-pyrrole nitrogens is 1. The van der Waals surface area contributed by atoms with Gasteiger partial charge in [-0.2, -0.15) is 0 Å². The molecule has 0 unspecified atom stereocenters. The van der Waals surface area contributed by atoms with E-state index in [0.717, 1.165) is 6.92 Å². The third-order valence-electron chi connectivity index (χ3n) is 4.85. The SMILES string of the molecule is CCOC(=O)C(OC(C)=O)(C(=O)OCC)c1c(C(=O)c2cccc(Cl)c2)[nH]c2cc(Cl)ccc12. The Morgan fingerprint density at radius 2 is 1.53 bits per heavy atom. The first-order valence-electron chi connectivity index (χ1n) is 10.3. The maximum absolute atomic E-state index is 13.6. The molecule has 1 heterocycles. The van der Waals surface area contributed by atoms with E-state index in [1.54, 1.807) is 12.1 Å². The average Bonchev–Trinajstić information content (AvgIpc) is 3.15. The molecule has 0 amide bonds. The summed E-state index contributed by atoms with van der Waals surface area (Å²) in [6, 6.07) is 10.6. The van der Waals surface area contributed by atoms with Crippen LogP contribution in [0.5, 0.6) is 0 Å². The molecule has 8 nitrogen and oxygen atoms in total. The van der Waals surface area contributed by atoms with Crippen molar-refractivity contribution in [2.45, 2.75) is 26.4 Å². The van der Waals surface area contributed by atoms with Crippen LogP contribution in [0, 0.1) is 0 Å². The van der Waals surface area contributed by atoms with Crippen molar-refractivity contribution < 1.29 is 33.4 Å². The summed E-state index contributed by atoms with van der Waals surface area (Å²) in [6.45, 7) is 3.81. The van der Waals surface area contributed by atoms with E-state index in [0.29, 0.717) is 15.6 Å². The van der Waals surface area contributed by atoms with Gasteiger partial charge in [0.2, 0.25) is 5.78 Å². The van der Waals surface area contributed by atoms with E-state index in [9.17, 15) is 19.2 Å². The van der Waals surface area contributed by atoms with Gasteiger partial charge < -0.3 is 19.2 Å². The van der Waals surface area contributed by atoms with Crippen molar-refractivity contribution in [3.05, 3.63) is 69.3 Å². The lowest BCUT2D eigenvalue weighted by Gasteiger charge is -2.29. The lowest BCUT2D eigenvalue weighted by molar-refractivity contribution is -0.197. The van der Waals surface area contributed by atoms with E-state index in [1.165, 1.54) is 44.2 Å². The maximum Gasteiger partial charge on any atom is 0.367 e. The number of fused-ring (bicyclic) bond motifs is 1. The Bertz CT molecular complexity index is 1260. The number of ketones is 1. The summed E-state index contributed by atoms with van der Waals surface area (Å²) < 4.78 is 15.7. The number of aromatic amines is 1. The van der Waals surface area contributed by atoms with Crippen molar-refractivity contribution in [2.24, 2.45) is 0 Å². The molecule has 0 saturated heterocycles. The highest BCUT2D eigenvalue weighted by Gasteiger charge is 2.57. The summed E-state index contributed by atoms with van der Waals surface area (Å²) in [6.07, 6.45) is 0. The second kappa shape index (κ2) is 10.3. The Morgan fingerprint density at radius 3 is 2.09 bits per heavy atom. The highest BCUT2D eigenvalue weighted by Crippen LogP contribution is 2.39. The first-order chi connectivity index (χ1) is 16.1. The Balaban J connectivity index is 2.45. The topological polar surface area (TPSA) is 112 Å². The zero-order chi connectivity index (χ0) is 25.0. The van der Waals surface area contributed by atoms with Crippen LogP contribution in [0.25, 0.3) is 10.9 Å². The molecule has 0 aliphatic rings. The Labute approximate surface area is 205 Å². The number of hydrogen-bond donors (Lipinski definition) is 1. The smallest absolute Gasteiger partial charge is 0.367 e. The number of carbonyl (C=O) groups excluding carboxylic acids is 4. The number of esters is 3. The molecular weight excluding hydrogens is 485 g/mol. The molecular formula is C24H21Cl2NO7. The minimum absolute atomic E-state index is 0.132. The van der Waals surface area contributed by atoms with E-state index < -0.39 is 29.3 Å². The molecule has 0 atom stereocenters. The Morgan fingerprint density at radius 1 is 0.912 bits per heavy atom. The van der Waals surface area contributed by atoms with Crippen LogP contribution in [-0.2, 0) is 34.2 Å². The zero-order valence-corrected chi connectivity index (χ0v) is 20.1. The van der Waals surface area contributed by atoms with Gasteiger partial charge in [-0.25, -0.2) is 9.59 Å². The van der Waals surface area contributed by atoms with E-state index in [2.05, 4.69) is 4.98 Å². The zero-order valence-electron chi connectivity index (χ0n) is 18.6. The third-order valence-corrected chi connectivity index (χ3v) is 5.32.